The molecule has 4 heteroatoms. The van der Waals surface area contributed by atoms with Crippen molar-refractivity contribution in [2.75, 3.05) is 26.2 Å². The lowest BCUT2D eigenvalue weighted by Crippen LogP contribution is -2.32. The maximum absolute atomic E-state index is 12.4. The number of carbonyl (C=O) groups excluding carboxylic acids is 1. The second-order valence-electron chi connectivity index (χ2n) is 16.6. The third-order valence-corrected chi connectivity index (χ3v) is 11.6. The maximum Gasteiger partial charge on any atom is 0.244 e. The van der Waals surface area contributed by atoms with Crippen LogP contribution >= 0.6 is 0 Å². The molecule has 1 aliphatic rings. The molecule has 4 nitrogen and oxygen atoms in total. The van der Waals surface area contributed by atoms with Crippen LogP contribution in [-0.4, -0.2) is 42.5 Å². The average molecular weight is 717 g/mol. The summed E-state index contributed by atoms with van der Waals surface area (Å²) >= 11 is 0. The zero-order valence-corrected chi connectivity index (χ0v) is 35.3. The van der Waals surface area contributed by atoms with Gasteiger partial charge in [-0.1, -0.05) is 239 Å². The highest BCUT2D eigenvalue weighted by Crippen LogP contribution is 2.16. The normalized spacial score (nSPS) is 13.0. The highest BCUT2D eigenvalue weighted by atomic mass is 16.1. The van der Waals surface area contributed by atoms with Crippen molar-refractivity contribution in [2.24, 2.45) is 0 Å². The molecule has 0 saturated heterocycles. The van der Waals surface area contributed by atoms with Crippen molar-refractivity contribution in [1.29, 1.82) is 0 Å². The first-order valence-electron chi connectivity index (χ1n) is 23.9. The monoisotopic (exact) mass is 717 g/mol. The van der Waals surface area contributed by atoms with Crippen LogP contribution in [-0.2, 0) is 4.79 Å². The van der Waals surface area contributed by atoms with E-state index in [-0.39, 0.29) is 5.91 Å². The van der Waals surface area contributed by atoms with Gasteiger partial charge in [-0.05, 0) is 12.8 Å². The fraction of sp³-hybridized carbons (Fsp3) is 0.957. The third kappa shape index (κ3) is 34.5. The average Bonchev–Trinajstić information content (AvgIpc) is 3.59. The van der Waals surface area contributed by atoms with E-state index < -0.39 is 0 Å². The molecule has 0 spiro atoms. The molecular formula is C47H94N3O+. The van der Waals surface area contributed by atoms with E-state index in [1.165, 1.54) is 243 Å². The van der Waals surface area contributed by atoms with Crippen molar-refractivity contribution in [3.63, 3.8) is 0 Å². The second kappa shape index (κ2) is 40.1. The molecule has 1 amide bonds. The quantitative estimate of drug-likeness (QED) is 0.0488. The van der Waals surface area contributed by atoms with Gasteiger partial charge in [0.05, 0.1) is 6.54 Å². The summed E-state index contributed by atoms with van der Waals surface area (Å²) in [7, 11) is 0. The Morgan fingerprint density at radius 3 is 1.14 bits per heavy atom. The van der Waals surface area contributed by atoms with Crippen LogP contribution in [0.3, 0.4) is 0 Å². The molecule has 0 aliphatic carbocycles. The van der Waals surface area contributed by atoms with Gasteiger partial charge >= 0.3 is 0 Å². The van der Waals surface area contributed by atoms with Gasteiger partial charge in [0, 0.05) is 12.8 Å². The minimum atomic E-state index is 0.249. The van der Waals surface area contributed by atoms with Crippen molar-refractivity contribution in [2.45, 2.75) is 264 Å². The van der Waals surface area contributed by atoms with Gasteiger partial charge < -0.3 is 5.32 Å². The van der Waals surface area contributed by atoms with Gasteiger partial charge in [0.25, 0.3) is 0 Å². The summed E-state index contributed by atoms with van der Waals surface area (Å²) in [6.07, 6.45) is 54.0. The predicted molar refractivity (Wildman–Crippen MR) is 227 cm³/mol. The Bertz CT molecular complexity index is 750. The van der Waals surface area contributed by atoms with Gasteiger partial charge in [-0.2, -0.15) is 0 Å². The number of amidine groups is 1. The van der Waals surface area contributed by atoms with Crippen LogP contribution in [0.5, 0.6) is 0 Å². The molecule has 51 heavy (non-hydrogen) atoms. The second-order valence-corrected chi connectivity index (χ2v) is 16.6. The lowest BCUT2D eigenvalue weighted by Gasteiger charge is -2.07. The number of carbonyl (C=O) groups is 1. The van der Waals surface area contributed by atoms with Gasteiger partial charge in [-0.15, -0.1) is 0 Å². The Morgan fingerprint density at radius 2 is 0.784 bits per heavy atom. The van der Waals surface area contributed by atoms with Crippen molar-refractivity contribution in [3.05, 3.63) is 0 Å². The van der Waals surface area contributed by atoms with E-state index in [4.69, 9.17) is 0 Å². The molecule has 0 radical (unpaired) electrons. The summed E-state index contributed by atoms with van der Waals surface area (Å²) in [5.41, 5.74) is 0. The molecule has 0 unspecified atom stereocenters. The smallest absolute Gasteiger partial charge is 0.244 e. The number of nitrogens with zero attached hydrogens (tertiary/aromatic N) is 1. The van der Waals surface area contributed by atoms with E-state index in [9.17, 15) is 4.79 Å². The van der Waals surface area contributed by atoms with Crippen molar-refractivity contribution >= 4 is 11.7 Å². The molecule has 1 rings (SSSR count). The SMILES string of the molecule is CCCCCCCCCCCCCCCCCCCCCC1=[N+](CCNC(=O)CCCCCCCCCCCCCCCCCCCC)CCN1. The number of hydrogen-bond donors (Lipinski definition) is 2. The number of unbranched alkanes of at least 4 members (excludes halogenated alkanes) is 35. The van der Waals surface area contributed by atoms with Crippen molar-refractivity contribution < 1.29 is 9.37 Å². The van der Waals surface area contributed by atoms with E-state index in [0.717, 1.165) is 32.6 Å². The number of rotatable bonds is 42. The molecule has 1 aliphatic heterocycles. The molecule has 0 aromatic rings. The van der Waals surface area contributed by atoms with E-state index in [2.05, 4.69) is 29.1 Å². The van der Waals surface area contributed by atoms with E-state index >= 15 is 0 Å². The molecule has 2 N–H and O–H groups in total. The largest absolute Gasteiger partial charge is 0.352 e. The van der Waals surface area contributed by atoms with Gasteiger partial charge in [0.15, 0.2) is 0 Å². The highest BCUT2D eigenvalue weighted by molar-refractivity contribution is 5.78. The standard InChI is InChI=1S/C47H93N3O/c1-3-5-7-9-11-13-15-17-19-21-23-24-26-28-30-32-34-36-38-40-46-48-42-44-50(46)45-43-49-47(51)41-39-37-35-33-31-29-27-25-22-20-18-16-14-12-10-8-6-4-2/h3-45H2,1-2H3,(H,49,51)/p+1. The minimum Gasteiger partial charge on any atom is -0.352 e. The molecule has 0 bridgehead atoms. The number of nitrogens with one attached hydrogen (secondary N) is 2. The molecule has 0 aromatic carbocycles. The molecular weight excluding hydrogens is 623 g/mol. The first-order valence-corrected chi connectivity index (χ1v) is 23.9. The van der Waals surface area contributed by atoms with Crippen molar-refractivity contribution in [3.8, 4) is 0 Å². The Labute approximate surface area is 321 Å². The number of amides is 1. The van der Waals surface area contributed by atoms with Gasteiger partial charge in [-0.25, -0.2) is 0 Å². The molecule has 0 saturated carbocycles. The van der Waals surface area contributed by atoms with Crippen LogP contribution in [0, 0.1) is 0 Å². The first kappa shape index (κ1) is 48.0. The molecule has 302 valence electrons. The van der Waals surface area contributed by atoms with Crippen LogP contribution in [0.4, 0.5) is 0 Å². The summed E-state index contributed by atoms with van der Waals surface area (Å²) in [6, 6.07) is 0. The third-order valence-electron chi connectivity index (χ3n) is 11.6. The summed E-state index contributed by atoms with van der Waals surface area (Å²) < 4.78 is 2.48. The van der Waals surface area contributed by atoms with Gasteiger partial charge in [-0.3, -0.25) is 14.7 Å². The molecule has 1 heterocycles. The molecule has 0 fully saturated rings. The van der Waals surface area contributed by atoms with Crippen LogP contribution in [0.25, 0.3) is 0 Å². The summed E-state index contributed by atoms with van der Waals surface area (Å²) in [5, 5.41) is 6.82. The summed E-state index contributed by atoms with van der Waals surface area (Å²) in [5.74, 6) is 1.67. The maximum atomic E-state index is 12.4. The van der Waals surface area contributed by atoms with Gasteiger partial charge in [0.2, 0.25) is 11.7 Å². The predicted octanol–water partition coefficient (Wildman–Crippen LogP) is 14.4. The van der Waals surface area contributed by atoms with E-state index in [1.807, 2.05) is 0 Å². The fourth-order valence-corrected chi connectivity index (χ4v) is 8.05. The fourth-order valence-electron chi connectivity index (χ4n) is 8.05. The Morgan fingerprint density at radius 1 is 0.471 bits per heavy atom. The zero-order chi connectivity index (χ0) is 36.6. The lowest BCUT2D eigenvalue weighted by atomic mass is 10.0. The van der Waals surface area contributed by atoms with E-state index in [0.29, 0.717) is 6.42 Å². The first-order chi connectivity index (χ1) is 25.3. The minimum absolute atomic E-state index is 0.249. The molecule has 0 aromatic heterocycles. The Kier molecular flexibility index (Phi) is 37.7. The van der Waals surface area contributed by atoms with E-state index in [1.54, 1.807) is 0 Å². The molecule has 0 atom stereocenters. The Hall–Kier alpha value is -1.06. The lowest BCUT2D eigenvalue weighted by molar-refractivity contribution is -0.517. The van der Waals surface area contributed by atoms with Crippen molar-refractivity contribution in [1.82, 2.24) is 10.6 Å². The highest BCUT2D eigenvalue weighted by Gasteiger charge is 2.19. The summed E-state index contributed by atoms with van der Waals surface area (Å²) in [6.45, 7) is 8.48. The van der Waals surface area contributed by atoms with Crippen LogP contribution in [0.1, 0.15) is 264 Å². The van der Waals surface area contributed by atoms with Gasteiger partial charge in [0.1, 0.15) is 19.6 Å². The van der Waals surface area contributed by atoms with Crippen LogP contribution in [0.2, 0.25) is 0 Å². The summed E-state index contributed by atoms with van der Waals surface area (Å²) in [4.78, 5) is 12.4. The number of hydrogen-bond acceptors (Lipinski definition) is 2. The Balaban J connectivity index is 1.83. The van der Waals surface area contributed by atoms with Crippen LogP contribution < -0.4 is 10.6 Å². The topological polar surface area (TPSA) is 44.1 Å². The zero-order valence-electron chi connectivity index (χ0n) is 35.3. The van der Waals surface area contributed by atoms with Crippen LogP contribution in [0.15, 0.2) is 0 Å².